The van der Waals surface area contributed by atoms with E-state index in [9.17, 15) is 4.39 Å². The van der Waals surface area contributed by atoms with E-state index in [2.05, 4.69) is 0 Å². The minimum absolute atomic E-state index is 0.167. The Hall–Kier alpha value is -1.87. The summed E-state index contributed by atoms with van der Waals surface area (Å²) < 4.78 is 19.8. The Kier molecular flexibility index (Phi) is 4.97. The molecule has 0 saturated carbocycles. The van der Waals surface area contributed by atoms with Gasteiger partial charge >= 0.3 is 0 Å². The van der Waals surface area contributed by atoms with Crippen molar-refractivity contribution in [2.45, 2.75) is 32.9 Å². The van der Waals surface area contributed by atoms with Crippen LogP contribution in [0.4, 0.5) is 4.39 Å². The molecule has 2 nitrogen and oxygen atoms in total. The molecule has 2 N–H and O–H groups in total. The third-order valence-corrected chi connectivity index (χ3v) is 3.55. The number of aryl methyl sites for hydroxylation is 1. The summed E-state index contributed by atoms with van der Waals surface area (Å²) in [4.78, 5) is 0. The highest BCUT2D eigenvalue weighted by atomic mass is 19.1. The molecule has 0 fully saturated rings. The van der Waals surface area contributed by atoms with Gasteiger partial charge in [0, 0.05) is 0 Å². The lowest BCUT2D eigenvalue weighted by Crippen LogP contribution is -2.36. The molecule has 3 heteroatoms. The Balaban J connectivity index is 2.25. The predicted octanol–water partition coefficient (Wildman–Crippen LogP) is 4.24. The summed E-state index contributed by atoms with van der Waals surface area (Å²) in [6.07, 6.45) is -0.288. The van der Waals surface area contributed by atoms with Crippen molar-refractivity contribution in [2.24, 2.45) is 11.7 Å². The Bertz CT molecular complexity index is 583. The average molecular weight is 287 g/mol. The molecule has 0 radical (unpaired) electrons. The Morgan fingerprint density at radius 2 is 1.71 bits per heavy atom. The highest BCUT2D eigenvalue weighted by molar-refractivity contribution is 5.30. The van der Waals surface area contributed by atoms with Crippen molar-refractivity contribution in [1.29, 1.82) is 0 Å². The topological polar surface area (TPSA) is 35.2 Å². The maximum absolute atomic E-state index is 13.9. The molecule has 0 aromatic heterocycles. The number of rotatable bonds is 5. The summed E-state index contributed by atoms with van der Waals surface area (Å²) in [5.74, 6) is 0.0757. The first-order valence-corrected chi connectivity index (χ1v) is 7.22. The quantitative estimate of drug-likeness (QED) is 0.892. The first-order valence-electron chi connectivity index (χ1n) is 7.22. The second-order valence-corrected chi connectivity index (χ2v) is 5.70. The van der Waals surface area contributed by atoms with Crippen LogP contribution in [0, 0.1) is 18.7 Å². The zero-order valence-electron chi connectivity index (χ0n) is 12.7. The van der Waals surface area contributed by atoms with Crippen molar-refractivity contribution in [3.8, 4) is 5.75 Å². The van der Waals surface area contributed by atoms with Gasteiger partial charge in [0.2, 0.25) is 0 Å². The minimum atomic E-state index is -0.355. The van der Waals surface area contributed by atoms with E-state index in [1.165, 1.54) is 6.07 Å². The lowest BCUT2D eigenvalue weighted by molar-refractivity contribution is 0.118. The molecule has 112 valence electrons. The van der Waals surface area contributed by atoms with Crippen molar-refractivity contribution >= 4 is 0 Å². The summed E-state index contributed by atoms with van der Waals surface area (Å²) in [7, 11) is 0. The van der Waals surface area contributed by atoms with E-state index in [4.69, 9.17) is 10.5 Å². The summed E-state index contributed by atoms with van der Waals surface area (Å²) in [5, 5.41) is 0. The maximum Gasteiger partial charge on any atom is 0.165 e. The van der Waals surface area contributed by atoms with Gasteiger partial charge in [-0.1, -0.05) is 50.2 Å². The van der Waals surface area contributed by atoms with Gasteiger partial charge < -0.3 is 10.5 Å². The lowest BCUT2D eigenvalue weighted by Gasteiger charge is -2.29. The predicted molar refractivity (Wildman–Crippen MR) is 83.8 cm³/mol. The van der Waals surface area contributed by atoms with E-state index in [0.717, 1.165) is 11.1 Å². The molecule has 2 aromatic rings. The van der Waals surface area contributed by atoms with Gasteiger partial charge in [-0.25, -0.2) is 4.39 Å². The van der Waals surface area contributed by atoms with E-state index >= 15 is 0 Å². The van der Waals surface area contributed by atoms with Crippen molar-refractivity contribution in [2.75, 3.05) is 0 Å². The second kappa shape index (κ2) is 6.72. The summed E-state index contributed by atoms with van der Waals surface area (Å²) >= 11 is 0. The molecule has 0 heterocycles. The van der Waals surface area contributed by atoms with Gasteiger partial charge in [-0.05, 0) is 36.1 Å². The number of nitrogens with two attached hydrogens (primary N) is 1. The molecule has 2 atom stereocenters. The monoisotopic (exact) mass is 287 g/mol. The van der Waals surface area contributed by atoms with Gasteiger partial charge in [0.15, 0.2) is 11.6 Å². The smallest absolute Gasteiger partial charge is 0.165 e. The summed E-state index contributed by atoms with van der Waals surface area (Å²) in [6, 6.07) is 14.3. The van der Waals surface area contributed by atoms with Crippen LogP contribution >= 0.6 is 0 Å². The van der Waals surface area contributed by atoms with Gasteiger partial charge in [0.1, 0.15) is 6.10 Å². The number of benzene rings is 2. The van der Waals surface area contributed by atoms with Gasteiger partial charge in [-0.3, -0.25) is 0 Å². The molecular weight excluding hydrogens is 265 g/mol. The van der Waals surface area contributed by atoms with Crippen LogP contribution < -0.4 is 10.5 Å². The third kappa shape index (κ3) is 3.82. The van der Waals surface area contributed by atoms with E-state index in [-0.39, 0.29) is 29.6 Å². The molecular formula is C18H22FNO. The van der Waals surface area contributed by atoms with Crippen LogP contribution in [0.3, 0.4) is 0 Å². The normalized spacial score (nSPS) is 14.0. The third-order valence-electron chi connectivity index (χ3n) is 3.55. The van der Waals surface area contributed by atoms with Crippen LogP contribution in [-0.2, 0) is 0 Å². The van der Waals surface area contributed by atoms with Crippen molar-refractivity contribution in [1.82, 2.24) is 0 Å². The van der Waals surface area contributed by atoms with Crippen molar-refractivity contribution in [3.05, 3.63) is 65.5 Å². The Morgan fingerprint density at radius 1 is 1.05 bits per heavy atom. The standard InChI is InChI=1S/C18H22FNO/c1-12(2)18(17(20)14-7-5-4-6-8-14)21-16-11-13(3)9-10-15(16)19/h4-12,17-18H,20H2,1-3H3. The molecule has 2 rings (SSSR count). The number of hydrogen-bond acceptors (Lipinski definition) is 2. The zero-order valence-corrected chi connectivity index (χ0v) is 12.7. The largest absolute Gasteiger partial charge is 0.485 e. The van der Waals surface area contributed by atoms with E-state index in [1.807, 2.05) is 51.1 Å². The highest BCUT2D eigenvalue weighted by Gasteiger charge is 2.25. The fraction of sp³-hybridized carbons (Fsp3) is 0.333. The minimum Gasteiger partial charge on any atom is -0.485 e. The fourth-order valence-corrected chi connectivity index (χ4v) is 2.34. The highest BCUT2D eigenvalue weighted by Crippen LogP contribution is 2.27. The molecule has 0 saturated heterocycles. The van der Waals surface area contributed by atoms with Crippen LogP contribution in [0.5, 0.6) is 5.75 Å². The molecule has 0 aliphatic carbocycles. The van der Waals surface area contributed by atoms with Gasteiger partial charge in [-0.2, -0.15) is 0 Å². The van der Waals surface area contributed by atoms with E-state index in [0.29, 0.717) is 0 Å². The van der Waals surface area contributed by atoms with Crippen molar-refractivity contribution in [3.63, 3.8) is 0 Å². The molecule has 0 bridgehead atoms. The zero-order chi connectivity index (χ0) is 15.4. The molecule has 0 amide bonds. The summed E-state index contributed by atoms with van der Waals surface area (Å²) in [6.45, 7) is 5.97. The van der Waals surface area contributed by atoms with E-state index in [1.54, 1.807) is 12.1 Å². The number of hydrogen-bond donors (Lipinski definition) is 1. The lowest BCUT2D eigenvalue weighted by atomic mass is 9.94. The van der Waals surface area contributed by atoms with Crippen LogP contribution in [0.1, 0.15) is 31.0 Å². The number of halogens is 1. The van der Waals surface area contributed by atoms with E-state index < -0.39 is 0 Å². The molecule has 0 spiro atoms. The maximum atomic E-state index is 13.9. The van der Waals surface area contributed by atoms with Crippen LogP contribution in [0.15, 0.2) is 48.5 Å². The molecule has 0 aliphatic heterocycles. The molecule has 21 heavy (non-hydrogen) atoms. The van der Waals surface area contributed by atoms with Crippen LogP contribution in [-0.4, -0.2) is 6.10 Å². The Labute approximate surface area is 125 Å². The molecule has 2 aromatic carbocycles. The van der Waals surface area contributed by atoms with Gasteiger partial charge in [0.25, 0.3) is 0 Å². The summed E-state index contributed by atoms with van der Waals surface area (Å²) in [5.41, 5.74) is 8.28. The average Bonchev–Trinajstić information content (AvgIpc) is 2.48. The Morgan fingerprint density at radius 3 is 2.33 bits per heavy atom. The van der Waals surface area contributed by atoms with Gasteiger partial charge in [-0.15, -0.1) is 0 Å². The molecule has 0 aliphatic rings. The van der Waals surface area contributed by atoms with Crippen LogP contribution in [0.2, 0.25) is 0 Å². The second-order valence-electron chi connectivity index (χ2n) is 5.70. The van der Waals surface area contributed by atoms with Gasteiger partial charge in [0.05, 0.1) is 6.04 Å². The first kappa shape index (κ1) is 15.5. The first-order chi connectivity index (χ1) is 9.99. The van der Waals surface area contributed by atoms with Crippen molar-refractivity contribution < 1.29 is 9.13 Å². The van der Waals surface area contributed by atoms with Crippen LogP contribution in [0.25, 0.3) is 0 Å². The fourth-order valence-electron chi connectivity index (χ4n) is 2.34. The number of ether oxygens (including phenoxy) is 1. The molecule has 2 unspecified atom stereocenters. The SMILES string of the molecule is Cc1ccc(F)c(OC(C(C)C)C(N)c2ccccc2)c1.